The molecule has 0 bridgehead atoms. The number of para-hydroxylation sites is 1. The fraction of sp³-hybridized carbons (Fsp3) is 0.400. The first-order valence-corrected chi connectivity index (χ1v) is 8.23. The number of halogens is 1. The lowest BCUT2D eigenvalue weighted by molar-refractivity contribution is -0.134. The molecule has 1 unspecified atom stereocenters. The molecule has 2 amide bonds. The Labute approximate surface area is 135 Å². The van der Waals surface area contributed by atoms with Gasteiger partial charge in [0.25, 0.3) is 0 Å². The second-order valence-corrected chi connectivity index (χ2v) is 6.86. The summed E-state index contributed by atoms with van der Waals surface area (Å²) in [6, 6.07) is 6.56. The fourth-order valence-corrected chi connectivity index (χ4v) is 3.72. The SMILES string of the molecule is O=C1CCC(c2nn(C3CC3)c3c(I)cccc23)C(=O)N1. The normalized spacial score (nSPS) is 22.6. The fourth-order valence-electron chi connectivity index (χ4n) is 2.97. The van der Waals surface area contributed by atoms with Crippen molar-refractivity contribution in [1.82, 2.24) is 15.1 Å². The topological polar surface area (TPSA) is 64.0 Å². The van der Waals surface area contributed by atoms with Gasteiger partial charge in [-0.1, -0.05) is 12.1 Å². The number of hydrogen-bond acceptors (Lipinski definition) is 3. The Morgan fingerprint density at radius 2 is 2.05 bits per heavy atom. The van der Waals surface area contributed by atoms with E-state index in [9.17, 15) is 9.59 Å². The number of piperidine rings is 1. The first-order valence-electron chi connectivity index (χ1n) is 7.15. The van der Waals surface area contributed by atoms with E-state index in [1.807, 2.05) is 12.1 Å². The van der Waals surface area contributed by atoms with Gasteiger partial charge in [0.05, 0.1) is 23.2 Å². The van der Waals surface area contributed by atoms with Gasteiger partial charge < -0.3 is 0 Å². The van der Waals surface area contributed by atoms with E-state index in [0.717, 1.165) is 33.0 Å². The molecule has 4 rings (SSSR count). The molecule has 1 aliphatic heterocycles. The van der Waals surface area contributed by atoms with Gasteiger partial charge in [-0.15, -0.1) is 0 Å². The summed E-state index contributed by atoms with van der Waals surface area (Å²) in [5.74, 6) is -0.715. The molecular weight excluding hydrogens is 381 g/mol. The van der Waals surface area contributed by atoms with E-state index in [2.05, 4.69) is 38.7 Å². The Kier molecular flexibility index (Phi) is 3.02. The molecule has 1 aromatic heterocycles. The van der Waals surface area contributed by atoms with Crippen LogP contribution in [0.15, 0.2) is 18.2 Å². The zero-order valence-electron chi connectivity index (χ0n) is 11.3. The van der Waals surface area contributed by atoms with Crippen LogP contribution in [-0.4, -0.2) is 21.6 Å². The Balaban J connectivity index is 1.87. The highest BCUT2D eigenvalue weighted by Gasteiger charge is 2.34. The van der Waals surface area contributed by atoms with Crippen molar-refractivity contribution in [3.63, 3.8) is 0 Å². The minimum atomic E-state index is -0.316. The van der Waals surface area contributed by atoms with Crippen molar-refractivity contribution in [2.24, 2.45) is 0 Å². The molecule has 0 radical (unpaired) electrons. The average molecular weight is 395 g/mol. The molecule has 2 aromatic rings. The van der Waals surface area contributed by atoms with Crippen molar-refractivity contribution in [2.75, 3.05) is 0 Å². The lowest BCUT2D eigenvalue weighted by Gasteiger charge is -2.19. The summed E-state index contributed by atoms with van der Waals surface area (Å²) < 4.78 is 3.24. The zero-order chi connectivity index (χ0) is 14.6. The quantitative estimate of drug-likeness (QED) is 0.628. The number of carbonyl (C=O) groups excluding carboxylic acids is 2. The first kappa shape index (κ1) is 13.2. The highest BCUT2D eigenvalue weighted by atomic mass is 127. The molecule has 1 N–H and O–H groups in total. The van der Waals surface area contributed by atoms with Crippen LogP contribution in [-0.2, 0) is 9.59 Å². The van der Waals surface area contributed by atoms with Crippen LogP contribution in [0, 0.1) is 3.57 Å². The Bertz CT molecular complexity index is 764. The van der Waals surface area contributed by atoms with Crippen LogP contribution in [0.1, 0.15) is 43.3 Å². The standard InChI is InChI=1S/C15H14IN3O2/c16-11-3-1-2-9-13(10-6-7-12(20)17-15(10)21)18-19(14(9)11)8-4-5-8/h1-3,8,10H,4-7H2,(H,17,20,21). The van der Waals surface area contributed by atoms with Crippen molar-refractivity contribution in [1.29, 1.82) is 0 Å². The van der Waals surface area contributed by atoms with Crippen molar-refractivity contribution in [3.05, 3.63) is 27.5 Å². The number of amides is 2. The van der Waals surface area contributed by atoms with Crippen molar-refractivity contribution in [2.45, 2.75) is 37.6 Å². The van der Waals surface area contributed by atoms with Crippen LogP contribution in [0.5, 0.6) is 0 Å². The summed E-state index contributed by atoms with van der Waals surface area (Å²) in [4.78, 5) is 23.5. The van der Waals surface area contributed by atoms with Crippen LogP contribution < -0.4 is 5.32 Å². The molecule has 1 aliphatic carbocycles. The van der Waals surface area contributed by atoms with Gasteiger partial charge in [-0.2, -0.15) is 5.10 Å². The predicted octanol–water partition coefficient (Wildman–Crippen LogP) is 2.50. The van der Waals surface area contributed by atoms with Gasteiger partial charge in [-0.3, -0.25) is 19.6 Å². The average Bonchev–Trinajstić information content (AvgIpc) is 3.21. The molecule has 1 aromatic carbocycles. The summed E-state index contributed by atoms with van der Waals surface area (Å²) in [5, 5.41) is 8.23. The lowest BCUT2D eigenvalue weighted by atomic mass is 9.93. The number of hydrogen-bond donors (Lipinski definition) is 1. The van der Waals surface area contributed by atoms with Gasteiger partial charge in [0.1, 0.15) is 0 Å². The molecule has 2 aliphatic rings. The van der Waals surface area contributed by atoms with Crippen molar-refractivity contribution in [3.8, 4) is 0 Å². The molecule has 1 saturated carbocycles. The second kappa shape index (κ2) is 4.79. The van der Waals surface area contributed by atoms with Gasteiger partial charge in [-0.05, 0) is 47.9 Å². The van der Waals surface area contributed by atoms with Crippen LogP contribution in [0.3, 0.4) is 0 Å². The van der Waals surface area contributed by atoms with Gasteiger partial charge in [0.15, 0.2) is 0 Å². The van der Waals surface area contributed by atoms with Crippen molar-refractivity contribution < 1.29 is 9.59 Å². The minimum Gasteiger partial charge on any atom is -0.296 e. The number of rotatable bonds is 2. The molecule has 2 heterocycles. The van der Waals surface area contributed by atoms with Crippen molar-refractivity contribution >= 4 is 45.3 Å². The summed E-state index contributed by atoms with van der Waals surface area (Å²) >= 11 is 2.32. The zero-order valence-corrected chi connectivity index (χ0v) is 13.5. The molecule has 2 fully saturated rings. The molecule has 6 heteroatoms. The van der Waals surface area contributed by atoms with E-state index in [1.165, 1.54) is 0 Å². The predicted molar refractivity (Wildman–Crippen MR) is 85.8 cm³/mol. The molecule has 1 saturated heterocycles. The summed E-state index contributed by atoms with van der Waals surface area (Å²) in [6.07, 6.45) is 3.23. The lowest BCUT2D eigenvalue weighted by Crippen LogP contribution is -2.39. The third kappa shape index (κ3) is 2.16. The number of nitrogens with one attached hydrogen (secondary N) is 1. The van der Waals surface area contributed by atoms with Crippen LogP contribution in [0.4, 0.5) is 0 Å². The van der Waals surface area contributed by atoms with Gasteiger partial charge in [0, 0.05) is 15.4 Å². The Morgan fingerprint density at radius 1 is 1.24 bits per heavy atom. The monoisotopic (exact) mass is 395 g/mol. The number of carbonyl (C=O) groups is 2. The number of aromatic nitrogens is 2. The van der Waals surface area contributed by atoms with E-state index in [0.29, 0.717) is 18.9 Å². The number of nitrogens with zero attached hydrogens (tertiary/aromatic N) is 2. The molecule has 21 heavy (non-hydrogen) atoms. The number of imide groups is 1. The van der Waals surface area contributed by atoms with Crippen LogP contribution in [0.2, 0.25) is 0 Å². The minimum absolute atomic E-state index is 0.184. The Morgan fingerprint density at radius 3 is 2.76 bits per heavy atom. The third-order valence-electron chi connectivity index (χ3n) is 4.17. The van der Waals surface area contributed by atoms with Crippen LogP contribution >= 0.6 is 22.6 Å². The Hall–Kier alpha value is -1.44. The van der Waals surface area contributed by atoms with E-state index in [4.69, 9.17) is 5.10 Å². The van der Waals surface area contributed by atoms with E-state index in [-0.39, 0.29) is 17.7 Å². The summed E-state index contributed by atoms with van der Waals surface area (Å²) in [7, 11) is 0. The summed E-state index contributed by atoms with van der Waals surface area (Å²) in [6.45, 7) is 0. The van der Waals surface area contributed by atoms with Gasteiger partial charge in [-0.25, -0.2) is 0 Å². The molecule has 5 nitrogen and oxygen atoms in total. The number of fused-ring (bicyclic) bond motifs is 1. The van der Waals surface area contributed by atoms with Crippen LogP contribution in [0.25, 0.3) is 10.9 Å². The van der Waals surface area contributed by atoms with E-state index in [1.54, 1.807) is 0 Å². The smallest absolute Gasteiger partial charge is 0.235 e. The highest BCUT2D eigenvalue weighted by molar-refractivity contribution is 14.1. The third-order valence-corrected chi connectivity index (χ3v) is 5.04. The summed E-state index contributed by atoms with van der Waals surface area (Å²) in [5.41, 5.74) is 1.95. The maximum atomic E-state index is 12.1. The van der Waals surface area contributed by atoms with Gasteiger partial charge >= 0.3 is 0 Å². The molecular formula is C15H14IN3O2. The maximum absolute atomic E-state index is 12.1. The molecule has 1 atom stereocenters. The van der Waals surface area contributed by atoms with E-state index < -0.39 is 0 Å². The van der Waals surface area contributed by atoms with Gasteiger partial charge in [0.2, 0.25) is 11.8 Å². The molecule has 0 spiro atoms. The largest absolute Gasteiger partial charge is 0.296 e. The maximum Gasteiger partial charge on any atom is 0.235 e. The second-order valence-electron chi connectivity index (χ2n) is 5.70. The molecule has 108 valence electrons. The number of benzene rings is 1. The first-order chi connectivity index (χ1) is 10.1. The highest BCUT2D eigenvalue weighted by Crippen LogP contribution is 2.40. The van der Waals surface area contributed by atoms with E-state index >= 15 is 0 Å².